The molecule has 0 radical (unpaired) electrons. The number of aromatic nitrogens is 1. The van der Waals surface area contributed by atoms with Gasteiger partial charge < -0.3 is 9.73 Å². The van der Waals surface area contributed by atoms with Crippen LogP contribution in [0.3, 0.4) is 0 Å². The minimum absolute atomic E-state index is 0.0544. The summed E-state index contributed by atoms with van der Waals surface area (Å²) in [4.78, 5) is 28.6. The zero-order valence-corrected chi connectivity index (χ0v) is 17.5. The summed E-state index contributed by atoms with van der Waals surface area (Å²) < 4.78 is 42.8. The van der Waals surface area contributed by atoms with Crippen LogP contribution in [0.15, 0.2) is 74.1 Å². The Balaban J connectivity index is 1.44. The number of hydrogen-bond donors (Lipinski definition) is 1. The maximum absolute atomic E-state index is 13.0. The minimum atomic E-state index is -3.73. The van der Waals surface area contributed by atoms with Crippen LogP contribution in [0.25, 0.3) is 22.2 Å². The van der Waals surface area contributed by atoms with Crippen molar-refractivity contribution in [3.05, 3.63) is 76.2 Å². The van der Waals surface area contributed by atoms with E-state index in [0.717, 1.165) is 41.0 Å². The lowest BCUT2D eigenvalue weighted by Gasteiger charge is -2.04. The average molecular weight is 458 g/mol. The second-order valence-electron chi connectivity index (χ2n) is 6.59. The van der Waals surface area contributed by atoms with Crippen LogP contribution in [-0.4, -0.2) is 25.1 Å². The largest absolute Gasteiger partial charge is 0.422 e. The first-order valence-electron chi connectivity index (χ1n) is 9.09. The van der Waals surface area contributed by atoms with Crippen molar-refractivity contribution in [1.29, 1.82) is 0 Å². The first-order chi connectivity index (χ1) is 14.8. The molecule has 1 amide bonds. The van der Waals surface area contributed by atoms with Gasteiger partial charge >= 0.3 is 5.63 Å². The number of carbonyl (C=O) groups is 1. The van der Waals surface area contributed by atoms with E-state index >= 15 is 0 Å². The Morgan fingerprint density at radius 3 is 2.65 bits per heavy atom. The van der Waals surface area contributed by atoms with Crippen molar-refractivity contribution < 1.29 is 22.0 Å². The standard InChI is InChI=1S/C21H15FN2O5S2/c22-14-5-7-15(8-6-14)31(27,28)10-9-19(25)24-21-23-17(12-30-21)16-11-13-3-1-2-4-18(13)29-20(16)26/h1-8,11-12H,9-10H2,(H,23,24,25). The van der Waals surface area contributed by atoms with E-state index in [-0.39, 0.29) is 22.0 Å². The summed E-state index contributed by atoms with van der Waals surface area (Å²) >= 11 is 1.10. The molecule has 2 heterocycles. The first-order valence-corrected chi connectivity index (χ1v) is 11.6. The van der Waals surface area contributed by atoms with Crippen LogP contribution in [-0.2, 0) is 14.6 Å². The fourth-order valence-corrected chi connectivity index (χ4v) is 4.83. The zero-order chi connectivity index (χ0) is 22.0. The van der Waals surface area contributed by atoms with E-state index < -0.39 is 32.9 Å². The summed E-state index contributed by atoms with van der Waals surface area (Å²) in [5.74, 6) is -1.52. The van der Waals surface area contributed by atoms with Crippen LogP contribution in [0, 0.1) is 5.82 Å². The van der Waals surface area contributed by atoms with E-state index in [1.165, 1.54) is 0 Å². The predicted octanol–water partition coefficient (Wildman–Crippen LogP) is 3.86. The van der Waals surface area contributed by atoms with Gasteiger partial charge in [-0.2, -0.15) is 0 Å². The van der Waals surface area contributed by atoms with E-state index in [2.05, 4.69) is 10.3 Å². The molecular formula is C21H15FN2O5S2. The number of thiazole rings is 1. The summed E-state index contributed by atoms with van der Waals surface area (Å²) in [5, 5.41) is 5.10. The molecule has 2 aromatic carbocycles. The Bertz CT molecular complexity index is 1430. The number of sulfone groups is 1. The summed E-state index contributed by atoms with van der Waals surface area (Å²) in [7, 11) is -3.73. The number of fused-ring (bicyclic) bond motifs is 1. The molecule has 7 nitrogen and oxygen atoms in total. The first kappa shape index (κ1) is 20.9. The number of rotatable bonds is 6. The second-order valence-corrected chi connectivity index (χ2v) is 9.56. The molecule has 0 unspecified atom stereocenters. The number of halogens is 1. The lowest BCUT2D eigenvalue weighted by Crippen LogP contribution is -2.17. The van der Waals surface area contributed by atoms with E-state index in [9.17, 15) is 22.4 Å². The zero-order valence-electron chi connectivity index (χ0n) is 15.9. The van der Waals surface area contributed by atoms with E-state index in [1.54, 1.807) is 29.6 Å². The number of para-hydroxylation sites is 1. The number of hydrogen-bond acceptors (Lipinski definition) is 7. The highest BCUT2D eigenvalue weighted by atomic mass is 32.2. The van der Waals surface area contributed by atoms with Crippen molar-refractivity contribution in [1.82, 2.24) is 4.98 Å². The summed E-state index contributed by atoms with van der Waals surface area (Å²) in [6.07, 6.45) is -0.299. The van der Waals surface area contributed by atoms with Gasteiger partial charge in [-0.1, -0.05) is 18.2 Å². The van der Waals surface area contributed by atoms with Gasteiger partial charge in [0.1, 0.15) is 11.4 Å². The van der Waals surface area contributed by atoms with Crippen LogP contribution in [0.4, 0.5) is 9.52 Å². The third-order valence-corrected chi connectivity index (χ3v) is 6.93. The minimum Gasteiger partial charge on any atom is -0.422 e. The van der Waals surface area contributed by atoms with Crippen molar-refractivity contribution in [3.8, 4) is 11.3 Å². The van der Waals surface area contributed by atoms with E-state index in [0.29, 0.717) is 11.3 Å². The molecule has 2 aromatic heterocycles. The Morgan fingerprint density at radius 1 is 1.13 bits per heavy atom. The van der Waals surface area contributed by atoms with Crippen molar-refractivity contribution in [2.75, 3.05) is 11.1 Å². The number of amides is 1. The summed E-state index contributed by atoms with van der Waals surface area (Å²) in [6, 6.07) is 13.1. The summed E-state index contributed by atoms with van der Waals surface area (Å²) in [5.41, 5.74) is 0.516. The topological polar surface area (TPSA) is 106 Å². The molecule has 1 N–H and O–H groups in total. The van der Waals surface area contributed by atoms with Crippen LogP contribution in [0.5, 0.6) is 0 Å². The van der Waals surface area contributed by atoms with Crippen LogP contribution >= 0.6 is 11.3 Å². The Labute approximate surface area is 180 Å². The molecule has 4 rings (SSSR count). The van der Waals surface area contributed by atoms with Gasteiger partial charge in [-0.15, -0.1) is 11.3 Å². The number of carbonyl (C=O) groups excluding carboxylic acids is 1. The van der Waals surface area contributed by atoms with Crippen molar-refractivity contribution >= 4 is 43.2 Å². The Kier molecular flexibility index (Phi) is 5.66. The third kappa shape index (κ3) is 4.70. The predicted molar refractivity (Wildman–Crippen MR) is 115 cm³/mol. The molecular weight excluding hydrogens is 443 g/mol. The molecule has 0 atom stereocenters. The van der Waals surface area contributed by atoms with Gasteiger partial charge in [0.15, 0.2) is 15.0 Å². The number of nitrogens with zero attached hydrogens (tertiary/aromatic N) is 1. The van der Waals surface area contributed by atoms with Gasteiger partial charge in [-0.25, -0.2) is 22.6 Å². The van der Waals surface area contributed by atoms with Crippen molar-refractivity contribution in [3.63, 3.8) is 0 Å². The molecule has 0 fully saturated rings. The van der Waals surface area contributed by atoms with Gasteiger partial charge in [-0.05, 0) is 36.4 Å². The van der Waals surface area contributed by atoms with Gasteiger partial charge in [-0.3, -0.25) is 4.79 Å². The summed E-state index contributed by atoms with van der Waals surface area (Å²) in [6.45, 7) is 0. The Morgan fingerprint density at radius 2 is 1.87 bits per heavy atom. The third-order valence-electron chi connectivity index (χ3n) is 4.44. The van der Waals surface area contributed by atoms with Gasteiger partial charge in [0, 0.05) is 17.2 Å². The molecule has 4 aromatic rings. The van der Waals surface area contributed by atoms with Crippen LogP contribution in [0.2, 0.25) is 0 Å². The second kappa shape index (κ2) is 8.40. The highest BCUT2D eigenvalue weighted by Crippen LogP contribution is 2.25. The normalized spacial score (nSPS) is 11.5. The quantitative estimate of drug-likeness (QED) is 0.347. The van der Waals surface area contributed by atoms with Gasteiger partial charge in [0.2, 0.25) is 5.91 Å². The van der Waals surface area contributed by atoms with E-state index in [1.807, 2.05) is 6.07 Å². The molecule has 158 valence electrons. The number of nitrogens with one attached hydrogen (secondary N) is 1. The number of anilines is 1. The monoisotopic (exact) mass is 458 g/mol. The van der Waals surface area contributed by atoms with Crippen LogP contribution in [0.1, 0.15) is 6.42 Å². The fraction of sp³-hybridized carbons (Fsp3) is 0.0952. The van der Waals surface area contributed by atoms with Gasteiger partial charge in [0.05, 0.1) is 21.9 Å². The lowest BCUT2D eigenvalue weighted by atomic mass is 10.1. The van der Waals surface area contributed by atoms with Crippen LogP contribution < -0.4 is 10.9 Å². The molecule has 10 heteroatoms. The highest BCUT2D eigenvalue weighted by Gasteiger charge is 2.18. The molecule has 0 bridgehead atoms. The molecule has 0 aliphatic heterocycles. The Hall–Kier alpha value is -3.37. The maximum Gasteiger partial charge on any atom is 0.345 e. The van der Waals surface area contributed by atoms with Gasteiger partial charge in [0.25, 0.3) is 0 Å². The SMILES string of the molecule is O=C(CCS(=O)(=O)c1ccc(F)cc1)Nc1nc(-c2cc3ccccc3oc2=O)cs1. The average Bonchev–Trinajstić information content (AvgIpc) is 3.20. The molecule has 0 aliphatic rings. The smallest absolute Gasteiger partial charge is 0.345 e. The van der Waals surface area contributed by atoms with Crippen molar-refractivity contribution in [2.45, 2.75) is 11.3 Å². The number of benzene rings is 2. The molecule has 0 aliphatic carbocycles. The maximum atomic E-state index is 13.0. The molecule has 0 spiro atoms. The van der Waals surface area contributed by atoms with Crippen molar-refractivity contribution in [2.24, 2.45) is 0 Å². The molecule has 0 saturated carbocycles. The fourth-order valence-electron chi connectivity index (χ4n) is 2.86. The molecule has 31 heavy (non-hydrogen) atoms. The van der Waals surface area contributed by atoms with E-state index in [4.69, 9.17) is 4.42 Å². The molecule has 0 saturated heterocycles. The lowest BCUT2D eigenvalue weighted by molar-refractivity contribution is -0.115. The highest BCUT2D eigenvalue weighted by molar-refractivity contribution is 7.91.